The van der Waals surface area contributed by atoms with Crippen molar-refractivity contribution in [3.8, 4) is 0 Å². The van der Waals surface area contributed by atoms with Crippen LogP contribution < -0.4 is 5.32 Å². The Bertz CT molecular complexity index is 381. The van der Waals surface area contributed by atoms with Gasteiger partial charge >= 0.3 is 0 Å². The molecule has 94 valence electrons. The Balaban J connectivity index is 2.65. The molecule has 0 atom stereocenters. The fourth-order valence-corrected chi connectivity index (χ4v) is 2.43. The van der Waals surface area contributed by atoms with E-state index in [0.29, 0.717) is 13.0 Å². The minimum Gasteiger partial charge on any atom is -0.385 e. The van der Waals surface area contributed by atoms with Crippen molar-refractivity contribution >= 4 is 27.5 Å². The summed E-state index contributed by atoms with van der Waals surface area (Å²) < 4.78 is 5.84. The lowest BCUT2D eigenvalue weighted by atomic mass is 10.1. The van der Waals surface area contributed by atoms with E-state index in [1.165, 1.54) is 5.56 Å². The molecule has 4 heteroatoms. The number of nitrogens with one attached hydrogen (secondary N) is 1. The first kappa shape index (κ1) is 14.2. The van der Waals surface area contributed by atoms with Gasteiger partial charge in [-0.15, -0.1) is 0 Å². The van der Waals surface area contributed by atoms with Gasteiger partial charge in [0.2, 0.25) is 5.91 Å². The smallest absolute Gasteiger partial charge is 0.224 e. The van der Waals surface area contributed by atoms with Crippen LogP contribution >= 0.6 is 15.9 Å². The molecule has 0 spiro atoms. The molecule has 0 bridgehead atoms. The van der Waals surface area contributed by atoms with Crippen LogP contribution in [0.15, 0.2) is 16.6 Å². The number of carbonyl (C=O) groups excluding carboxylic acids is 1. The van der Waals surface area contributed by atoms with Crippen molar-refractivity contribution in [1.82, 2.24) is 0 Å². The first-order chi connectivity index (χ1) is 8.04. The van der Waals surface area contributed by atoms with E-state index in [1.807, 2.05) is 19.9 Å². The molecule has 1 amide bonds. The summed E-state index contributed by atoms with van der Waals surface area (Å²) in [5.74, 6) is 0.0229. The molecule has 0 fully saturated rings. The van der Waals surface area contributed by atoms with E-state index in [1.54, 1.807) is 7.11 Å². The van der Waals surface area contributed by atoms with Crippen molar-refractivity contribution < 1.29 is 9.53 Å². The molecule has 0 radical (unpaired) electrons. The van der Waals surface area contributed by atoms with Crippen LogP contribution in [0.2, 0.25) is 0 Å². The minimum atomic E-state index is 0.0229. The zero-order valence-electron chi connectivity index (χ0n) is 10.5. The van der Waals surface area contributed by atoms with Gasteiger partial charge in [0.1, 0.15) is 0 Å². The third kappa shape index (κ3) is 4.48. The number of carbonyl (C=O) groups is 1. The fraction of sp³-hybridized carbons (Fsp3) is 0.462. The number of rotatable bonds is 5. The summed E-state index contributed by atoms with van der Waals surface area (Å²) in [6, 6.07) is 4.05. The summed E-state index contributed by atoms with van der Waals surface area (Å²) in [5, 5.41) is 2.92. The van der Waals surface area contributed by atoms with Gasteiger partial charge < -0.3 is 10.1 Å². The Morgan fingerprint density at radius 3 is 2.71 bits per heavy atom. The average Bonchev–Trinajstić information content (AvgIpc) is 2.24. The average molecular weight is 300 g/mol. The molecule has 0 aromatic heterocycles. The Hall–Kier alpha value is -0.870. The molecule has 0 unspecified atom stereocenters. The van der Waals surface area contributed by atoms with Crippen molar-refractivity contribution in [2.45, 2.75) is 26.7 Å². The van der Waals surface area contributed by atoms with E-state index in [9.17, 15) is 4.79 Å². The zero-order valence-corrected chi connectivity index (χ0v) is 12.1. The standard InChI is InChI=1S/C13H18BrNO2/c1-9-7-10(2)13(11(14)8-9)15-12(16)5-4-6-17-3/h7-8H,4-6H2,1-3H3,(H,15,16). The van der Waals surface area contributed by atoms with Gasteiger partial charge in [0, 0.05) is 24.6 Å². The van der Waals surface area contributed by atoms with E-state index in [-0.39, 0.29) is 5.91 Å². The molecule has 0 aliphatic rings. The van der Waals surface area contributed by atoms with Gasteiger partial charge in [-0.3, -0.25) is 4.79 Å². The van der Waals surface area contributed by atoms with Crippen LogP contribution in [0.1, 0.15) is 24.0 Å². The number of amides is 1. The lowest BCUT2D eigenvalue weighted by Gasteiger charge is -2.11. The molecule has 0 saturated carbocycles. The molecule has 0 aliphatic carbocycles. The lowest BCUT2D eigenvalue weighted by Crippen LogP contribution is -2.13. The van der Waals surface area contributed by atoms with Gasteiger partial charge in [-0.05, 0) is 53.4 Å². The number of ether oxygens (including phenoxy) is 1. The molecular weight excluding hydrogens is 282 g/mol. The SMILES string of the molecule is COCCCC(=O)Nc1c(C)cc(C)cc1Br. The van der Waals surface area contributed by atoms with E-state index in [0.717, 1.165) is 22.1 Å². The minimum absolute atomic E-state index is 0.0229. The van der Waals surface area contributed by atoms with Crippen molar-refractivity contribution in [2.75, 3.05) is 19.0 Å². The van der Waals surface area contributed by atoms with Gasteiger partial charge in [-0.25, -0.2) is 0 Å². The molecule has 0 aliphatic heterocycles. The van der Waals surface area contributed by atoms with Crippen LogP contribution in [0.5, 0.6) is 0 Å². The Morgan fingerprint density at radius 1 is 1.41 bits per heavy atom. The molecular formula is C13H18BrNO2. The number of anilines is 1. The van der Waals surface area contributed by atoms with Crippen molar-refractivity contribution in [2.24, 2.45) is 0 Å². The molecule has 3 nitrogen and oxygen atoms in total. The van der Waals surface area contributed by atoms with Crippen molar-refractivity contribution in [1.29, 1.82) is 0 Å². The Labute approximate surface area is 111 Å². The number of benzene rings is 1. The molecule has 1 aromatic rings. The van der Waals surface area contributed by atoms with Crippen LogP contribution in [0.25, 0.3) is 0 Å². The van der Waals surface area contributed by atoms with Gasteiger partial charge in [0.15, 0.2) is 0 Å². The zero-order chi connectivity index (χ0) is 12.8. The largest absolute Gasteiger partial charge is 0.385 e. The van der Waals surface area contributed by atoms with E-state index < -0.39 is 0 Å². The molecule has 0 saturated heterocycles. The van der Waals surface area contributed by atoms with Gasteiger partial charge in [-0.2, -0.15) is 0 Å². The van der Waals surface area contributed by atoms with Gasteiger partial charge in [0.05, 0.1) is 5.69 Å². The maximum atomic E-state index is 11.7. The highest BCUT2D eigenvalue weighted by Crippen LogP contribution is 2.27. The third-order valence-electron chi connectivity index (χ3n) is 2.45. The summed E-state index contributed by atoms with van der Waals surface area (Å²) in [5.41, 5.74) is 3.10. The quantitative estimate of drug-likeness (QED) is 0.846. The Kier molecular flexibility index (Phi) is 5.65. The summed E-state index contributed by atoms with van der Waals surface area (Å²) in [6.07, 6.45) is 1.22. The van der Waals surface area contributed by atoms with Crippen LogP contribution in [-0.4, -0.2) is 19.6 Å². The van der Waals surface area contributed by atoms with E-state index in [2.05, 4.69) is 27.3 Å². The van der Waals surface area contributed by atoms with Crippen LogP contribution in [0.4, 0.5) is 5.69 Å². The maximum absolute atomic E-state index is 11.7. The fourth-order valence-electron chi connectivity index (χ4n) is 1.65. The van der Waals surface area contributed by atoms with Crippen molar-refractivity contribution in [3.05, 3.63) is 27.7 Å². The van der Waals surface area contributed by atoms with Crippen molar-refractivity contribution in [3.63, 3.8) is 0 Å². The highest BCUT2D eigenvalue weighted by Gasteiger charge is 2.08. The normalized spacial score (nSPS) is 10.4. The summed E-state index contributed by atoms with van der Waals surface area (Å²) in [4.78, 5) is 11.7. The Morgan fingerprint density at radius 2 is 2.12 bits per heavy atom. The topological polar surface area (TPSA) is 38.3 Å². The molecule has 17 heavy (non-hydrogen) atoms. The predicted octanol–water partition coefficient (Wildman–Crippen LogP) is 3.43. The molecule has 1 rings (SSSR count). The number of halogens is 1. The highest BCUT2D eigenvalue weighted by molar-refractivity contribution is 9.10. The first-order valence-electron chi connectivity index (χ1n) is 5.60. The molecule has 1 N–H and O–H groups in total. The monoisotopic (exact) mass is 299 g/mol. The predicted molar refractivity (Wildman–Crippen MR) is 73.4 cm³/mol. The number of methoxy groups -OCH3 is 1. The summed E-state index contributed by atoms with van der Waals surface area (Å²) in [6.45, 7) is 4.63. The van der Waals surface area contributed by atoms with Gasteiger partial charge in [-0.1, -0.05) is 6.07 Å². The second-order valence-corrected chi connectivity index (χ2v) is 4.94. The van der Waals surface area contributed by atoms with Crippen LogP contribution in [0, 0.1) is 13.8 Å². The second kappa shape index (κ2) is 6.77. The van der Waals surface area contributed by atoms with Crippen LogP contribution in [-0.2, 0) is 9.53 Å². The van der Waals surface area contributed by atoms with E-state index in [4.69, 9.17) is 4.74 Å². The molecule has 0 heterocycles. The maximum Gasteiger partial charge on any atom is 0.224 e. The highest BCUT2D eigenvalue weighted by atomic mass is 79.9. The third-order valence-corrected chi connectivity index (χ3v) is 3.07. The first-order valence-corrected chi connectivity index (χ1v) is 6.39. The molecule has 1 aromatic carbocycles. The second-order valence-electron chi connectivity index (χ2n) is 4.08. The number of aryl methyl sites for hydroxylation is 2. The summed E-state index contributed by atoms with van der Waals surface area (Å²) in [7, 11) is 1.64. The number of hydrogen-bond donors (Lipinski definition) is 1. The number of hydrogen-bond acceptors (Lipinski definition) is 2. The lowest BCUT2D eigenvalue weighted by molar-refractivity contribution is -0.116. The van der Waals surface area contributed by atoms with E-state index >= 15 is 0 Å². The summed E-state index contributed by atoms with van der Waals surface area (Å²) >= 11 is 3.47. The van der Waals surface area contributed by atoms with Gasteiger partial charge in [0.25, 0.3) is 0 Å². The van der Waals surface area contributed by atoms with Crippen LogP contribution in [0.3, 0.4) is 0 Å².